The number of carbonyl (C=O) groups excluding carboxylic acids is 2. The maximum absolute atomic E-state index is 12.7. The van der Waals surface area contributed by atoms with E-state index in [1.54, 1.807) is 45.0 Å². The summed E-state index contributed by atoms with van der Waals surface area (Å²) in [7, 11) is 0. The van der Waals surface area contributed by atoms with E-state index in [9.17, 15) is 19.5 Å². The lowest BCUT2D eigenvalue weighted by atomic mass is 10.0. The van der Waals surface area contributed by atoms with Crippen molar-refractivity contribution in [2.45, 2.75) is 65.1 Å². The average Bonchev–Trinajstić information content (AvgIpc) is 3.21. The number of rotatable bonds is 10. The third-order valence-corrected chi connectivity index (χ3v) is 4.76. The van der Waals surface area contributed by atoms with E-state index in [0.717, 1.165) is 6.26 Å². The zero-order valence-electron chi connectivity index (χ0n) is 20.5. The van der Waals surface area contributed by atoms with Gasteiger partial charge in [-0.05, 0) is 38.7 Å². The molecule has 11 nitrogen and oxygen atoms in total. The molecule has 1 aromatic heterocycles. The summed E-state index contributed by atoms with van der Waals surface area (Å²) in [5.74, 6) is -1.76. The summed E-state index contributed by atoms with van der Waals surface area (Å²) in [6.07, 6.45) is 0.971. The number of nitrogen functional groups attached to an aromatic ring is 1. The van der Waals surface area contributed by atoms with Crippen LogP contribution in [0.4, 0.5) is 4.79 Å². The molecular formula is C24H33N5O6. The fourth-order valence-corrected chi connectivity index (χ4v) is 3.18. The number of oxazole rings is 1. The Morgan fingerprint density at radius 2 is 1.80 bits per heavy atom. The number of nitrogens with two attached hydrogens (primary N) is 1. The molecule has 0 saturated carbocycles. The number of hydrogen-bond donors (Lipinski definition) is 5. The molecule has 0 radical (unpaired) electrons. The number of carboxylic acid groups (broad SMARTS) is 1. The standard InChI is InChI=1S/C24H33N5O6/c1-13(2)10-16(29-23(33)35-24(3,4)5)21-28-18(12-34-21)20(30)27-17(22(31)32)11-14-6-8-15(9-7-14)19(25)26/h6-9,12-13,16-17H,10-11H2,1-5H3,(H3,25,26)(H,27,30)(H,29,33)(H,31,32)/t16-,17-/m0/s1. The molecule has 11 heteroatoms. The summed E-state index contributed by atoms with van der Waals surface area (Å²) >= 11 is 0. The second-order valence-electron chi connectivity index (χ2n) is 9.58. The van der Waals surface area contributed by atoms with Crippen LogP contribution in [-0.2, 0) is 16.0 Å². The van der Waals surface area contributed by atoms with E-state index >= 15 is 0 Å². The number of carboxylic acids is 1. The number of carbonyl (C=O) groups is 3. The molecule has 2 atom stereocenters. The van der Waals surface area contributed by atoms with Crippen molar-refractivity contribution in [1.29, 1.82) is 5.41 Å². The molecule has 0 aliphatic heterocycles. The zero-order valence-corrected chi connectivity index (χ0v) is 20.5. The highest BCUT2D eigenvalue weighted by Crippen LogP contribution is 2.22. The first-order valence-electron chi connectivity index (χ1n) is 11.2. The van der Waals surface area contributed by atoms with Gasteiger partial charge in [0.2, 0.25) is 5.89 Å². The van der Waals surface area contributed by atoms with E-state index in [1.165, 1.54) is 0 Å². The average molecular weight is 488 g/mol. The minimum Gasteiger partial charge on any atom is -0.480 e. The van der Waals surface area contributed by atoms with Crippen molar-refractivity contribution in [3.05, 3.63) is 53.2 Å². The number of aromatic nitrogens is 1. The van der Waals surface area contributed by atoms with E-state index < -0.39 is 35.7 Å². The SMILES string of the molecule is CC(C)C[C@H](NC(=O)OC(C)(C)C)c1nc(C(=O)N[C@@H](Cc2ccc(C(=N)N)cc2)C(=O)O)co1. The van der Waals surface area contributed by atoms with Crippen molar-refractivity contribution in [3.8, 4) is 0 Å². The van der Waals surface area contributed by atoms with E-state index in [0.29, 0.717) is 17.5 Å². The van der Waals surface area contributed by atoms with Gasteiger partial charge in [0, 0.05) is 12.0 Å². The van der Waals surface area contributed by atoms with Crippen LogP contribution >= 0.6 is 0 Å². The van der Waals surface area contributed by atoms with Gasteiger partial charge in [0.15, 0.2) is 5.69 Å². The van der Waals surface area contributed by atoms with Crippen LogP contribution in [-0.4, -0.2) is 45.5 Å². The fourth-order valence-electron chi connectivity index (χ4n) is 3.18. The molecule has 0 unspecified atom stereocenters. The number of nitrogens with zero attached hydrogens (tertiary/aromatic N) is 1. The Kier molecular flexibility index (Phi) is 8.99. The number of alkyl carbamates (subject to hydrolysis) is 1. The van der Waals surface area contributed by atoms with Crippen LogP contribution in [0.15, 0.2) is 34.9 Å². The predicted octanol–water partition coefficient (Wildman–Crippen LogP) is 3.00. The van der Waals surface area contributed by atoms with Gasteiger partial charge in [-0.3, -0.25) is 10.2 Å². The molecule has 2 rings (SSSR count). The van der Waals surface area contributed by atoms with Crippen LogP contribution in [0.25, 0.3) is 0 Å². The molecule has 0 fully saturated rings. The van der Waals surface area contributed by atoms with Crippen molar-refractivity contribution in [1.82, 2.24) is 15.6 Å². The number of benzene rings is 1. The predicted molar refractivity (Wildman–Crippen MR) is 128 cm³/mol. The Hall–Kier alpha value is -3.89. The number of nitrogens with one attached hydrogen (secondary N) is 3. The molecule has 2 amide bonds. The lowest BCUT2D eigenvalue weighted by Gasteiger charge is -2.23. The van der Waals surface area contributed by atoms with Gasteiger partial charge in [-0.25, -0.2) is 14.6 Å². The third kappa shape index (κ3) is 8.76. The number of amides is 2. The third-order valence-electron chi connectivity index (χ3n) is 4.76. The molecule has 0 aliphatic rings. The summed E-state index contributed by atoms with van der Waals surface area (Å²) < 4.78 is 10.8. The topological polar surface area (TPSA) is 181 Å². The Balaban J connectivity index is 2.12. The van der Waals surface area contributed by atoms with Crippen molar-refractivity contribution in [2.75, 3.05) is 0 Å². The van der Waals surface area contributed by atoms with Gasteiger partial charge in [-0.15, -0.1) is 0 Å². The molecule has 1 heterocycles. The number of hydrogen-bond acceptors (Lipinski definition) is 7. The highest BCUT2D eigenvalue weighted by Gasteiger charge is 2.27. The lowest BCUT2D eigenvalue weighted by molar-refractivity contribution is -0.139. The molecule has 0 saturated heterocycles. The van der Waals surface area contributed by atoms with Crippen LogP contribution in [0, 0.1) is 11.3 Å². The fraction of sp³-hybridized carbons (Fsp3) is 0.458. The Labute approximate surface area is 203 Å². The molecule has 0 spiro atoms. The summed E-state index contributed by atoms with van der Waals surface area (Å²) in [4.78, 5) is 40.9. The van der Waals surface area contributed by atoms with Crippen LogP contribution in [0.1, 0.15) is 74.6 Å². The van der Waals surface area contributed by atoms with Gasteiger partial charge < -0.3 is 30.6 Å². The van der Waals surface area contributed by atoms with Crippen LogP contribution in [0.3, 0.4) is 0 Å². The second-order valence-corrected chi connectivity index (χ2v) is 9.58. The number of aliphatic carboxylic acids is 1. The monoisotopic (exact) mass is 487 g/mol. The molecule has 6 N–H and O–H groups in total. The first-order chi connectivity index (χ1) is 16.2. The largest absolute Gasteiger partial charge is 0.480 e. The lowest BCUT2D eigenvalue weighted by Crippen LogP contribution is -2.42. The molecular weight excluding hydrogens is 454 g/mol. The van der Waals surface area contributed by atoms with Gasteiger partial charge in [0.05, 0.1) is 0 Å². The second kappa shape index (κ2) is 11.5. The van der Waals surface area contributed by atoms with Crippen LogP contribution in [0.2, 0.25) is 0 Å². The van der Waals surface area contributed by atoms with Crippen molar-refractivity contribution in [3.63, 3.8) is 0 Å². The highest BCUT2D eigenvalue weighted by molar-refractivity contribution is 5.95. The minimum atomic E-state index is -1.22. The zero-order chi connectivity index (χ0) is 26.3. The quantitative estimate of drug-likeness (QED) is 0.250. The Bertz CT molecular complexity index is 1060. The maximum Gasteiger partial charge on any atom is 0.408 e. The summed E-state index contributed by atoms with van der Waals surface area (Å²) in [5.41, 5.74) is 5.78. The van der Waals surface area contributed by atoms with Gasteiger partial charge in [0.1, 0.15) is 29.8 Å². The summed E-state index contributed by atoms with van der Waals surface area (Å²) in [6, 6.07) is 4.64. The molecule has 35 heavy (non-hydrogen) atoms. The van der Waals surface area contributed by atoms with Crippen molar-refractivity contribution in [2.24, 2.45) is 11.7 Å². The molecule has 0 bridgehead atoms. The summed E-state index contributed by atoms with van der Waals surface area (Å²) in [5, 5.41) is 22.2. The first kappa shape index (κ1) is 27.4. The van der Waals surface area contributed by atoms with Gasteiger partial charge in [0.25, 0.3) is 5.91 Å². The van der Waals surface area contributed by atoms with Crippen LogP contribution in [0.5, 0.6) is 0 Å². The van der Waals surface area contributed by atoms with E-state index in [2.05, 4.69) is 15.6 Å². The van der Waals surface area contributed by atoms with Gasteiger partial charge >= 0.3 is 12.1 Å². The van der Waals surface area contributed by atoms with E-state index in [4.69, 9.17) is 20.3 Å². The summed E-state index contributed by atoms with van der Waals surface area (Å²) in [6.45, 7) is 9.15. The van der Waals surface area contributed by atoms with Crippen molar-refractivity contribution >= 4 is 23.8 Å². The molecule has 0 aliphatic carbocycles. The van der Waals surface area contributed by atoms with Crippen molar-refractivity contribution < 1.29 is 28.6 Å². The molecule has 2 aromatic rings. The number of ether oxygens (including phenoxy) is 1. The van der Waals surface area contributed by atoms with E-state index in [1.807, 2.05) is 13.8 Å². The molecule has 190 valence electrons. The highest BCUT2D eigenvalue weighted by atomic mass is 16.6. The van der Waals surface area contributed by atoms with Crippen LogP contribution < -0.4 is 16.4 Å². The molecule has 1 aromatic carbocycles. The van der Waals surface area contributed by atoms with E-state index in [-0.39, 0.29) is 29.8 Å². The first-order valence-corrected chi connectivity index (χ1v) is 11.2. The Morgan fingerprint density at radius 3 is 2.31 bits per heavy atom. The maximum atomic E-state index is 12.7. The van der Waals surface area contributed by atoms with Gasteiger partial charge in [-0.1, -0.05) is 38.1 Å². The van der Waals surface area contributed by atoms with Gasteiger partial charge in [-0.2, -0.15) is 0 Å². The smallest absolute Gasteiger partial charge is 0.408 e. The Morgan fingerprint density at radius 1 is 1.17 bits per heavy atom. The number of amidine groups is 1. The minimum absolute atomic E-state index is 0.0140. The normalized spacial score (nSPS) is 13.1.